The van der Waals surface area contributed by atoms with E-state index < -0.39 is 9.84 Å². The highest BCUT2D eigenvalue weighted by molar-refractivity contribution is 7.90. The first-order chi connectivity index (χ1) is 7.30. The third-order valence-electron chi connectivity index (χ3n) is 1.97. The van der Waals surface area contributed by atoms with Crippen LogP contribution >= 0.6 is 0 Å². The highest BCUT2D eigenvalue weighted by Crippen LogP contribution is 2.15. The summed E-state index contributed by atoms with van der Waals surface area (Å²) in [6, 6.07) is 6.39. The van der Waals surface area contributed by atoms with Crippen LogP contribution in [0.1, 0.15) is 0 Å². The molecule has 0 spiro atoms. The summed E-state index contributed by atoms with van der Waals surface area (Å²) in [6.45, 7) is 0. The molecular formula is C10H15N3O2S. The predicted octanol–water partition coefficient (Wildman–Crippen LogP) is 0.998. The number of hydrogen-bond acceptors (Lipinski definition) is 3. The highest BCUT2D eigenvalue weighted by Gasteiger charge is 2.08. The Balaban J connectivity index is 2.96. The third-order valence-corrected chi connectivity index (χ3v) is 3.08. The summed E-state index contributed by atoms with van der Waals surface area (Å²) in [4.78, 5) is 1.83. The monoisotopic (exact) mass is 241 g/mol. The van der Waals surface area contributed by atoms with Crippen molar-refractivity contribution in [2.24, 2.45) is 0 Å². The van der Waals surface area contributed by atoms with Gasteiger partial charge in [0.25, 0.3) is 0 Å². The maximum Gasteiger partial charge on any atom is 0.195 e. The SMILES string of the molecule is CN(C)C(=N)Nc1cccc(S(C)(=O)=O)c1. The van der Waals surface area contributed by atoms with E-state index in [1.54, 1.807) is 31.1 Å². The Kier molecular flexibility index (Phi) is 3.54. The summed E-state index contributed by atoms with van der Waals surface area (Å²) in [5.41, 5.74) is 0.585. The molecule has 6 heteroatoms. The molecule has 2 N–H and O–H groups in total. The van der Waals surface area contributed by atoms with Crippen molar-refractivity contribution in [1.82, 2.24) is 4.90 Å². The maximum absolute atomic E-state index is 11.3. The van der Waals surface area contributed by atoms with Crippen molar-refractivity contribution in [1.29, 1.82) is 5.41 Å². The third kappa shape index (κ3) is 3.23. The lowest BCUT2D eigenvalue weighted by Crippen LogP contribution is -2.28. The molecule has 0 radical (unpaired) electrons. The lowest BCUT2D eigenvalue weighted by atomic mass is 10.3. The van der Waals surface area contributed by atoms with Crippen molar-refractivity contribution in [2.45, 2.75) is 4.90 Å². The molecule has 0 aliphatic rings. The second-order valence-corrected chi connectivity index (χ2v) is 5.68. The molecular weight excluding hydrogens is 226 g/mol. The number of hydrogen-bond donors (Lipinski definition) is 2. The van der Waals surface area contributed by atoms with Crippen LogP contribution in [0, 0.1) is 5.41 Å². The number of anilines is 1. The van der Waals surface area contributed by atoms with Crippen LogP contribution in [-0.2, 0) is 9.84 Å². The molecule has 0 unspecified atom stereocenters. The van der Waals surface area contributed by atoms with Crippen LogP contribution in [0.3, 0.4) is 0 Å². The first-order valence-corrected chi connectivity index (χ1v) is 6.53. The van der Waals surface area contributed by atoms with Crippen molar-refractivity contribution in [2.75, 3.05) is 25.7 Å². The molecule has 0 heterocycles. The van der Waals surface area contributed by atoms with E-state index in [-0.39, 0.29) is 10.9 Å². The van der Waals surface area contributed by atoms with Crippen LogP contribution in [-0.4, -0.2) is 39.6 Å². The average molecular weight is 241 g/mol. The molecule has 1 aromatic carbocycles. The minimum absolute atomic E-state index is 0.200. The van der Waals surface area contributed by atoms with E-state index in [0.29, 0.717) is 5.69 Å². The van der Waals surface area contributed by atoms with E-state index >= 15 is 0 Å². The smallest absolute Gasteiger partial charge is 0.195 e. The van der Waals surface area contributed by atoms with E-state index in [4.69, 9.17) is 5.41 Å². The Bertz CT molecular complexity index is 495. The molecule has 16 heavy (non-hydrogen) atoms. The van der Waals surface area contributed by atoms with E-state index in [9.17, 15) is 8.42 Å². The van der Waals surface area contributed by atoms with Crippen LogP contribution in [0.4, 0.5) is 5.69 Å². The predicted molar refractivity (Wildman–Crippen MR) is 64.6 cm³/mol. The zero-order valence-electron chi connectivity index (χ0n) is 9.48. The first-order valence-electron chi connectivity index (χ1n) is 4.64. The van der Waals surface area contributed by atoms with Crippen LogP contribution in [0.15, 0.2) is 29.2 Å². The van der Waals surface area contributed by atoms with E-state index in [1.165, 1.54) is 12.1 Å². The fourth-order valence-corrected chi connectivity index (χ4v) is 1.72. The fraction of sp³-hybridized carbons (Fsp3) is 0.300. The summed E-state index contributed by atoms with van der Waals surface area (Å²) in [5, 5.41) is 10.4. The summed E-state index contributed by atoms with van der Waals surface area (Å²) < 4.78 is 22.6. The number of rotatable bonds is 2. The van der Waals surface area contributed by atoms with Gasteiger partial charge in [-0.25, -0.2) is 8.42 Å². The molecule has 0 aliphatic heterocycles. The molecule has 0 amide bonds. The Morgan fingerprint density at radius 2 is 2.00 bits per heavy atom. The van der Waals surface area contributed by atoms with Crippen molar-refractivity contribution in [3.63, 3.8) is 0 Å². The Morgan fingerprint density at radius 3 is 2.50 bits per heavy atom. The summed E-state index contributed by atoms with van der Waals surface area (Å²) in [7, 11) is 0.258. The van der Waals surface area contributed by atoms with Crippen LogP contribution in [0.5, 0.6) is 0 Å². The van der Waals surface area contributed by atoms with E-state index in [0.717, 1.165) is 6.26 Å². The molecule has 0 saturated carbocycles. The number of benzene rings is 1. The minimum Gasteiger partial charge on any atom is -0.349 e. The lowest BCUT2D eigenvalue weighted by molar-refractivity contribution is 0.602. The number of nitrogens with one attached hydrogen (secondary N) is 2. The molecule has 1 rings (SSSR count). The molecule has 5 nitrogen and oxygen atoms in total. The molecule has 0 aliphatic carbocycles. The second kappa shape index (κ2) is 4.52. The normalized spacial score (nSPS) is 10.9. The standard InChI is InChI=1S/C10H15N3O2S/c1-13(2)10(11)12-8-5-4-6-9(7-8)16(3,14)15/h4-7H,1-3H3,(H2,11,12). The van der Waals surface area contributed by atoms with E-state index in [1.807, 2.05) is 0 Å². The zero-order valence-corrected chi connectivity index (χ0v) is 10.3. The van der Waals surface area contributed by atoms with Crippen LogP contribution in [0.2, 0.25) is 0 Å². The highest BCUT2D eigenvalue weighted by atomic mass is 32.2. The first kappa shape index (κ1) is 12.5. The molecule has 88 valence electrons. The van der Waals surface area contributed by atoms with Gasteiger partial charge in [-0.2, -0.15) is 0 Å². The van der Waals surface area contributed by atoms with Gasteiger partial charge in [-0.1, -0.05) is 6.07 Å². The fourth-order valence-electron chi connectivity index (χ4n) is 1.05. The van der Waals surface area contributed by atoms with Crippen molar-refractivity contribution < 1.29 is 8.42 Å². The lowest BCUT2D eigenvalue weighted by Gasteiger charge is -2.15. The van der Waals surface area contributed by atoms with Crippen molar-refractivity contribution in [3.8, 4) is 0 Å². The second-order valence-electron chi connectivity index (χ2n) is 3.67. The number of guanidine groups is 1. The molecule has 1 aromatic rings. The van der Waals surface area contributed by atoms with Gasteiger partial charge in [0.2, 0.25) is 0 Å². The van der Waals surface area contributed by atoms with Gasteiger partial charge in [0.15, 0.2) is 15.8 Å². The van der Waals surface area contributed by atoms with E-state index in [2.05, 4.69) is 5.32 Å². The van der Waals surface area contributed by atoms with Gasteiger partial charge in [-0.15, -0.1) is 0 Å². The van der Waals surface area contributed by atoms with Crippen LogP contribution < -0.4 is 5.32 Å². The van der Waals surface area contributed by atoms with Gasteiger partial charge in [0.1, 0.15) is 0 Å². The number of sulfone groups is 1. The van der Waals surface area contributed by atoms with Gasteiger partial charge >= 0.3 is 0 Å². The summed E-state index contributed by atoms with van der Waals surface area (Å²) >= 11 is 0. The van der Waals surface area contributed by atoms with Gasteiger partial charge in [0, 0.05) is 26.0 Å². The Hall–Kier alpha value is -1.56. The van der Waals surface area contributed by atoms with Crippen molar-refractivity contribution >= 4 is 21.5 Å². The maximum atomic E-state index is 11.3. The minimum atomic E-state index is -3.21. The average Bonchev–Trinajstić information content (AvgIpc) is 2.16. The quantitative estimate of drug-likeness (QED) is 0.598. The Labute approximate surface area is 95.5 Å². The number of nitrogens with zero attached hydrogens (tertiary/aromatic N) is 1. The zero-order chi connectivity index (χ0) is 12.3. The summed E-state index contributed by atoms with van der Waals surface area (Å²) in [6.07, 6.45) is 1.16. The van der Waals surface area contributed by atoms with Crippen LogP contribution in [0.25, 0.3) is 0 Å². The largest absolute Gasteiger partial charge is 0.349 e. The van der Waals surface area contributed by atoms with Gasteiger partial charge < -0.3 is 10.2 Å². The molecule has 0 saturated heterocycles. The van der Waals surface area contributed by atoms with Gasteiger partial charge in [-0.3, -0.25) is 5.41 Å². The molecule has 0 atom stereocenters. The topological polar surface area (TPSA) is 73.3 Å². The summed E-state index contributed by atoms with van der Waals surface area (Å²) in [5.74, 6) is 0.200. The van der Waals surface area contributed by atoms with Gasteiger partial charge in [-0.05, 0) is 18.2 Å². The molecule has 0 bridgehead atoms. The van der Waals surface area contributed by atoms with Crippen molar-refractivity contribution in [3.05, 3.63) is 24.3 Å². The van der Waals surface area contributed by atoms with Gasteiger partial charge in [0.05, 0.1) is 4.90 Å². The Morgan fingerprint density at radius 1 is 1.38 bits per heavy atom. The molecule has 0 fully saturated rings. The molecule has 0 aromatic heterocycles.